The van der Waals surface area contributed by atoms with Crippen LogP contribution in [0.5, 0.6) is 5.75 Å². The Balaban J connectivity index is 1.89. The predicted molar refractivity (Wildman–Crippen MR) is 114 cm³/mol. The fourth-order valence-electron chi connectivity index (χ4n) is 2.50. The van der Waals surface area contributed by atoms with Gasteiger partial charge in [-0.05, 0) is 46.7 Å². The second-order valence-electron chi connectivity index (χ2n) is 5.61. The number of H-pyrrole nitrogens is 1. The number of nitrogens with zero attached hydrogens (tertiary/aromatic N) is 2. The van der Waals surface area contributed by atoms with E-state index in [1.807, 2.05) is 42.5 Å². The van der Waals surface area contributed by atoms with E-state index in [2.05, 4.69) is 54.4 Å². The van der Waals surface area contributed by atoms with Gasteiger partial charge in [-0.3, -0.25) is 0 Å². The lowest BCUT2D eigenvalue weighted by atomic mass is 10.2. The molecule has 3 rings (SSSR count). The normalized spacial score (nSPS) is 10.7. The van der Waals surface area contributed by atoms with E-state index in [4.69, 9.17) is 17.0 Å². The Bertz CT molecular complexity index is 940. The molecular weight excluding hydrogens is 480 g/mol. The molecule has 0 atom stereocenters. The van der Waals surface area contributed by atoms with Crippen molar-refractivity contribution in [1.29, 1.82) is 0 Å². The molecular formula is C18H18Br2N4OS. The molecule has 2 aromatic carbocycles. The zero-order valence-corrected chi connectivity index (χ0v) is 18.1. The highest BCUT2D eigenvalue weighted by molar-refractivity contribution is 9.11. The fraction of sp³-hybridized carbons (Fsp3) is 0.222. The van der Waals surface area contributed by atoms with Crippen molar-refractivity contribution in [3.05, 3.63) is 61.7 Å². The quantitative estimate of drug-likeness (QED) is 0.413. The van der Waals surface area contributed by atoms with E-state index in [0.717, 1.165) is 38.1 Å². The summed E-state index contributed by atoms with van der Waals surface area (Å²) in [6.45, 7) is 3.28. The van der Waals surface area contributed by atoms with Gasteiger partial charge >= 0.3 is 0 Å². The highest BCUT2D eigenvalue weighted by Gasteiger charge is 2.13. The molecule has 136 valence electrons. The number of benzene rings is 2. The third-order valence-electron chi connectivity index (χ3n) is 3.67. The van der Waals surface area contributed by atoms with Crippen molar-refractivity contribution in [2.45, 2.75) is 19.9 Å². The summed E-state index contributed by atoms with van der Waals surface area (Å²) in [5, 5.41) is 7.19. The van der Waals surface area contributed by atoms with E-state index < -0.39 is 0 Å². The number of ether oxygens (including phenoxy) is 1. The van der Waals surface area contributed by atoms with Crippen LogP contribution in [0.4, 0.5) is 0 Å². The predicted octanol–water partition coefficient (Wildman–Crippen LogP) is 5.67. The Kier molecular flexibility index (Phi) is 6.50. The van der Waals surface area contributed by atoms with E-state index in [9.17, 15) is 0 Å². The summed E-state index contributed by atoms with van der Waals surface area (Å²) in [7, 11) is 0. The third kappa shape index (κ3) is 4.36. The second-order valence-corrected chi connectivity index (χ2v) is 7.77. The Hall–Kier alpha value is -1.64. The number of rotatable bonds is 7. The van der Waals surface area contributed by atoms with Crippen LogP contribution in [-0.2, 0) is 6.54 Å². The average molecular weight is 498 g/mol. The minimum absolute atomic E-state index is 0.508. The molecule has 0 amide bonds. The van der Waals surface area contributed by atoms with Crippen LogP contribution in [0, 0.1) is 4.77 Å². The minimum atomic E-state index is 0.508. The minimum Gasteiger partial charge on any atom is -0.492 e. The molecule has 0 saturated carbocycles. The van der Waals surface area contributed by atoms with Gasteiger partial charge in [0, 0.05) is 15.6 Å². The van der Waals surface area contributed by atoms with Crippen LogP contribution in [0.25, 0.3) is 11.4 Å². The number of aromatic amines is 1. The van der Waals surface area contributed by atoms with Crippen molar-refractivity contribution in [3.63, 3.8) is 0 Å². The van der Waals surface area contributed by atoms with Crippen LogP contribution in [0.3, 0.4) is 0 Å². The molecule has 0 aliphatic carbocycles. The van der Waals surface area contributed by atoms with Gasteiger partial charge in [-0.1, -0.05) is 53.2 Å². The number of halogens is 2. The van der Waals surface area contributed by atoms with Crippen LogP contribution in [-0.4, -0.2) is 21.5 Å². The highest BCUT2D eigenvalue weighted by atomic mass is 79.9. The Morgan fingerprint density at radius 2 is 2.00 bits per heavy atom. The molecule has 0 radical (unpaired) electrons. The Labute approximate surface area is 174 Å². The SMILES string of the molecule is CCCOc1c(Br)cc(Br)cc1CNn1c(-c2ccccc2)n[nH]c1=S. The van der Waals surface area contributed by atoms with E-state index in [1.54, 1.807) is 4.68 Å². The summed E-state index contributed by atoms with van der Waals surface area (Å²) >= 11 is 12.5. The topological polar surface area (TPSA) is 54.9 Å². The maximum Gasteiger partial charge on any atom is 0.214 e. The van der Waals surface area contributed by atoms with Crippen molar-refractivity contribution in [2.24, 2.45) is 0 Å². The lowest BCUT2D eigenvalue weighted by Crippen LogP contribution is -2.16. The molecule has 3 aromatic rings. The van der Waals surface area contributed by atoms with Crippen molar-refractivity contribution in [3.8, 4) is 17.1 Å². The Morgan fingerprint density at radius 1 is 1.23 bits per heavy atom. The van der Waals surface area contributed by atoms with Gasteiger partial charge in [-0.2, -0.15) is 5.10 Å². The lowest BCUT2D eigenvalue weighted by molar-refractivity contribution is 0.312. The van der Waals surface area contributed by atoms with E-state index in [1.165, 1.54) is 0 Å². The first kappa shape index (κ1) is 19.1. The lowest BCUT2D eigenvalue weighted by Gasteiger charge is -2.16. The number of aromatic nitrogens is 3. The molecule has 0 aliphatic heterocycles. The van der Waals surface area contributed by atoms with Gasteiger partial charge in [-0.15, -0.1) is 0 Å². The van der Waals surface area contributed by atoms with Gasteiger partial charge < -0.3 is 10.2 Å². The van der Waals surface area contributed by atoms with Gasteiger partial charge in [0.15, 0.2) is 5.82 Å². The summed E-state index contributed by atoms with van der Waals surface area (Å²) in [5.41, 5.74) is 5.34. The first-order chi connectivity index (χ1) is 12.6. The molecule has 0 aliphatic rings. The summed E-state index contributed by atoms with van der Waals surface area (Å²) < 4.78 is 10.1. The zero-order valence-electron chi connectivity index (χ0n) is 14.1. The third-order valence-corrected chi connectivity index (χ3v) is 4.99. The van der Waals surface area contributed by atoms with Crippen LogP contribution < -0.4 is 10.2 Å². The average Bonchev–Trinajstić information content (AvgIpc) is 3.00. The largest absolute Gasteiger partial charge is 0.492 e. The van der Waals surface area contributed by atoms with Crippen molar-refractivity contribution in [2.75, 3.05) is 12.0 Å². The first-order valence-electron chi connectivity index (χ1n) is 8.17. The van der Waals surface area contributed by atoms with Crippen LogP contribution >= 0.6 is 44.1 Å². The van der Waals surface area contributed by atoms with Gasteiger partial charge in [0.1, 0.15) is 5.75 Å². The molecule has 2 N–H and O–H groups in total. The Morgan fingerprint density at radius 3 is 2.73 bits per heavy atom. The molecule has 1 aromatic heterocycles. The molecule has 8 heteroatoms. The highest BCUT2D eigenvalue weighted by Crippen LogP contribution is 2.33. The van der Waals surface area contributed by atoms with Crippen LogP contribution in [0.2, 0.25) is 0 Å². The van der Waals surface area contributed by atoms with Crippen molar-refractivity contribution >= 4 is 44.1 Å². The molecule has 0 fully saturated rings. The summed E-state index contributed by atoms with van der Waals surface area (Å²) in [6, 6.07) is 13.9. The van der Waals surface area contributed by atoms with Crippen molar-refractivity contribution < 1.29 is 4.74 Å². The van der Waals surface area contributed by atoms with E-state index >= 15 is 0 Å². The molecule has 0 unspecified atom stereocenters. The number of hydrogen-bond donors (Lipinski definition) is 2. The standard InChI is InChI=1S/C18H18Br2N4OS/c1-2-8-25-16-13(9-14(19)10-15(16)20)11-21-24-17(22-23-18(24)26)12-6-4-3-5-7-12/h3-7,9-10,21H,2,8,11H2,1H3,(H,23,26). The second kappa shape index (κ2) is 8.83. The molecule has 1 heterocycles. The maximum atomic E-state index is 5.92. The van der Waals surface area contributed by atoms with Gasteiger partial charge in [0.25, 0.3) is 0 Å². The van der Waals surface area contributed by atoms with Gasteiger partial charge in [0.2, 0.25) is 4.77 Å². The molecule has 0 spiro atoms. The monoisotopic (exact) mass is 496 g/mol. The van der Waals surface area contributed by atoms with Crippen LogP contribution in [0.15, 0.2) is 51.4 Å². The number of nitrogens with one attached hydrogen (secondary N) is 2. The molecule has 0 bridgehead atoms. The van der Waals surface area contributed by atoms with Crippen LogP contribution in [0.1, 0.15) is 18.9 Å². The summed E-state index contributed by atoms with van der Waals surface area (Å²) in [5.74, 6) is 1.57. The number of hydrogen-bond acceptors (Lipinski definition) is 4. The van der Waals surface area contributed by atoms with Gasteiger partial charge in [-0.25, -0.2) is 9.77 Å². The summed E-state index contributed by atoms with van der Waals surface area (Å²) in [6.07, 6.45) is 0.945. The molecule has 26 heavy (non-hydrogen) atoms. The zero-order chi connectivity index (χ0) is 18.5. The molecule has 5 nitrogen and oxygen atoms in total. The summed E-state index contributed by atoms with van der Waals surface area (Å²) in [4.78, 5) is 0. The fourth-order valence-corrected chi connectivity index (χ4v) is 4.12. The first-order valence-corrected chi connectivity index (χ1v) is 10.2. The maximum absolute atomic E-state index is 5.92. The molecule has 0 saturated heterocycles. The van der Waals surface area contributed by atoms with E-state index in [-0.39, 0.29) is 0 Å². The van der Waals surface area contributed by atoms with E-state index in [0.29, 0.717) is 17.9 Å². The van der Waals surface area contributed by atoms with Crippen molar-refractivity contribution in [1.82, 2.24) is 14.9 Å². The smallest absolute Gasteiger partial charge is 0.214 e. The van der Waals surface area contributed by atoms with Gasteiger partial charge in [0.05, 0.1) is 17.6 Å².